The molecule has 136 valence electrons. The van der Waals surface area contributed by atoms with Gasteiger partial charge in [-0.25, -0.2) is 20.3 Å². The van der Waals surface area contributed by atoms with Crippen LogP contribution in [0.25, 0.3) is 0 Å². The zero-order valence-electron chi connectivity index (χ0n) is 13.8. The lowest BCUT2D eigenvalue weighted by Crippen LogP contribution is -2.25. The third-order valence-electron chi connectivity index (χ3n) is 2.98. The number of anilines is 1. The number of carboxylic acids is 2. The summed E-state index contributed by atoms with van der Waals surface area (Å²) >= 11 is 0. The Morgan fingerprint density at radius 3 is 2.04 bits per heavy atom. The van der Waals surface area contributed by atoms with Crippen molar-refractivity contribution in [1.82, 2.24) is 4.90 Å². The second-order valence-electron chi connectivity index (χ2n) is 4.56. The Hall–Kier alpha value is -2.36. The van der Waals surface area contributed by atoms with Crippen molar-refractivity contribution in [3.63, 3.8) is 0 Å². The SMILES string of the molecule is CCN(CC)CCCOc1ccc(NOO)cc1.O=C(O)C(=O)O. The van der Waals surface area contributed by atoms with E-state index >= 15 is 0 Å². The molecule has 9 nitrogen and oxygen atoms in total. The van der Waals surface area contributed by atoms with E-state index in [1.807, 2.05) is 12.1 Å². The Morgan fingerprint density at radius 2 is 1.62 bits per heavy atom. The van der Waals surface area contributed by atoms with Crippen molar-refractivity contribution in [3.05, 3.63) is 24.3 Å². The lowest BCUT2D eigenvalue weighted by atomic mass is 10.3. The van der Waals surface area contributed by atoms with E-state index in [4.69, 9.17) is 29.8 Å². The summed E-state index contributed by atoms with van der Waals surface area (Å²) < 4.78 is 5.62. The Balaban J connectivity index is 0.000000754. The van der Waals surface area contributed by atoms with Crippen LogP contribution in [0.2, 0.25) is 0 Å². The normalized spacial score (nSPS) is 9.83. The minimum absolute atomic E-state index is 0.674. The van der Waals surface area contributed by atoms with Gasteiger partial charge < -0.3 is 19.8 Å². The van der Waals surface area contributed by atoms with Crippen LogP contribution in [0.15, 0.2) is 24.3 Å². The number of aliphatic carboxylic acids is 2. The van der Waals surface area contributed by atoms with E-state index in [0.717, 1.165) is 31.8 Å². The lowest BCUT2D eigenvalue weighted by Gasteiger charge is -2.17. The van der Waals surface area contributed by atoms with Crippen LogP contribution < -0.4 is 10.2 Å². The molecule has 0 fully saturated rings. The molecule has 0 heterocycles. The standard InChI is InChI=1S/C13H22N2O3.C2H2O4/c1-3-15(4-2)10-5-11-17-13-8-6-12(7-9-13)14-18-16;3-1(4)2(5)6/h6-9,14,16H,3-5,10-11H2,1-2H3;(H,3,4)(H,5,6). The first kappa shape index (κ1) is 21.6. The summed E-state index contributed by atoms with van der Waals surface area (Å²) in [6.07, 6.45) is 1.02. The van der Waals surface area contributed by atoms with Crippen molar-refractivity contribution in [2.45, 2.75) is 20.3 Å². The first-order chi connectivity index (χ1) is 11.4. The molecular weight excluding hydrogens is 320 g/mol. The molecule has 0 amide bonds. The highest BCUT2D eigenvalue weighted by Gasteiger charge is 2.04. The predicted octanol–water partition coefficient (Wildman–Crippen LogP) is 1.77. The Morgan fingerprint density at radius 1 is 1.08 bits per heavy atom. The smallest absolute Gasteiger partial charge is 0.414 e. The van der Waals surface area contributed by atoms with Crippen LogP contribution in [-0.2, 0) is 14.6 Å². The maximum Gasteiger partial charge on any atom is 0.414 e. The minimum atomic E-state index is -1.82. The Labute approximate surface area is 140 Å². The molecule has 0 radical (unpaired) electrons. The van der Waals surface area contributed by atoms with Gasteiger partial charge in [0.05, 0.1) is 12.3 Å². The van der Waals surface area contributed by atoms with E-state index in [0.29, 0.717) is 12.3 Å². The van der Waals surface area contributed by atoms with Gasteiger partial charge >= 0.3 is 11.9 Å². The van der Waals surface area contributed by atoms with Gasteiger partial charge in [0.2, 0.25) is 0 Å². The van der Waals surface area contributed by atoms with Crippen LogP contribution in [0.3, 0.4) is 0 Å². The van der Waals surface area contributed by atoms with E-state index in [1.165, 1.54) is 0 Å². The van der Waals surface area contributed by atoms with Crippen LogP contribution in [0.5, 0.6) is 5.75 Å². The number of carboxylic acid groups (broad SMARTS) is 2. The van der Waals surface area contributed by atoms with Gasteiger partial charge in [0.25, 0.3) is 0 Å². The lowest BCUT2D eigenvalue weighted by molar-refractivity contribution is -0.215. The van der Waals surface area contributed by atoms with Crippen molar-refractivity contribution in [2.75, 3.05) is 31.7 Å². The number of benzene rings is 1. The van der Waals surface area contributed by atoms with Gasteiger partial charge in [-0.15, -0.1) is 4.99 Å². The number of carbonyl (C=O) groups is 2. The van der Waals surface area contributed by atoms with E-state index in [2.05, 4.69) is 29.2 Å². The van der Waals surface area contributed by atoms with Gasteiger partial charge in [-0.1, -0.05) is 13.8 Å². The molecular formula is C15H24N2O7. The monoisotopic (exact) mass is 344 g/mol. The van der Waals surface area contributed by atoms with Crippen LogP contribution >= 0.6 is 0 Å². The van der Waals surface area contributed by atoms with Crippen LogP contribution in [0.1, 0.15) is 20.3 Å². The molecule has 1 rings (SSSR count). The number of rotatable bonds is 9. The molecule has 0 aromatic heterocycles. The molecule has 9 heteroatoms. The summed E-state index contributed by atoms with van der Waals surface area (Å²) in [5.41, 5.74) is 3.00. The summed E-state index contributed by atoms with van der Waals surface area (Å²) in [6, 6.07) is 7.21. The second kappa shape index (κ2) is 13.1. The molecule has 24 heavy (non-hydrogen) atoms. The first-order valence-corrected chi connectivity index (χ1v) is 7.42. The molecule has 0 spiro atoms. The largest absolute Gasteiger partial charge is 0.494 e. The summed E-state index contributed by atoms with van der Waals surface area (Å²) in [4.78, 5) is 24.4. The van der Waals surface area contributed by atoms with E-state index < -0.39 is 11.9 Å². The minimum Gasteiger partial charge on any atom is -0.494 e. The molecule has 1 aromatic rings. The Bertz CT molecular complexity index is 463. The van der Waals surface area contributed by atoms with Gasteiger partial charge in [-0.3, -0.25) is 0 Å². The van der Waals surface area contributed by atoms with E-state index in [-0.39, 0.29) is 0 Å². The molecule has 0 aliphatic heterocycles. The quantitative estimate of drug-likeness (QED) is 0.229. The van der Waals surface area contributed by atoms with Gasteiger partial charge in [0.1, 0.15) is 5.75 Å². The zero-order chi connectivity index (χ0) is 18.4. The molecule has 1 aromatic carbocycles. The number of nitrogens with one attached hydrogen (secondary N) is 1. The van der Waals surface area contributed by atoms with Gasteiger partial charge in [0, 0.05) is 6.54 Å². The van der Waals surface area contributed by atoms with Gasteiger partial charge in [-0.05, 0) is 43.8 Å². The van der Waals surface area contributed by atoms with Crippen molar-refractivity contribution in [2.24, 2.45) is 0 Å². The van der Waals surface area contributed by atoms with Gasteiger partial charge in [-0.2, -0.15) is 0 Å². The highest BCUT2D eigenvalue weighted by Crippen LogP contribution is 2.15. The van der Waals surface area contributed by atoms with Crippen molar-refractivity contribution >= 4 is 17.6 Å². The second-order valence-corrected chi connectivity index (χ2v) is 4.56. The summed E-state index contributed by atoms with van der Waals surface area (Å²) in [5, 5.41) is 23.0. The molecule has 0 atom stereocenters. The fourth-order valence-electron chi connectivity index (χ4n) is 1.69. The average Bonchev–Trinajstić information content (AvgIpc) is 2.57. The number of nitrogens with zero attached hydrogens (tertiary/aromatic N) is 1. The predicted molar refractivity (Wildman–Crippen MR) is 87.0 cm³/mol. The molecule has 0 bridgehead atoms. The maximum absolute atomic E-state index is 9.10. The fourth-order valence-corrected chi connectivity index (χ4v) is 1.69. The van der Waals surface area contributed by atoms with E-state index in [1.54, 1.807) is 12.1 Å². The van der Waals surface area contributed by atoms with Crippen LogP contribution in [-0.4, -0.2) is 58.5 Å². The average molecular weight is 344 g/mol. The van der Waals surface area contributed by atoms with E-state index in [9.17, 15) is 0 Å². The molecule has 4 N–H and O–H groups in total. The summed E-state index contributed by atoms with van der Waals surface area (Å²) in [5.74, 6) is -2.83. The fraction of sp³-hybridized carbons (Fsp3) is 0.467. The topological polar surface area (TPSA) is 129 Å². The Kier molecular flexibility index (Phi) is 11.8. The summed E-state index contributed by atoms with van der Waals surface area (Å²) in [7, 11) is 0. The highest BCUT2D eigenvalue weighted by molar-refractivity contribution is 6.27. The van der Waals surface area contributed by atoms with Crippen molar-refractivity contribution in [1.29, 1.82) is 0 Å². The third-order valence-corrected chi connectivity index (χ3v) is 2.98. The van der Waals surface area contributed by atoms with Crippen LogP contribution in [0, 0.1) is 0 Å². The van der Waals surface area contributed by atoms with Crippen molar-refractivity contribution in [3.8, 4) is 5.75 Å². The molecule has 0 aliphatic carbocycles. The summed E-state index contributed by atoms with van der Waals surface area (Å²) in [6.45, 7) is 8.26. The van der Waals surface area contributed by atoms with Gasteiger partial charge in [0.15, 0.2) is 0 Å². The zero-order valence-corrected chi connectivity index (χ0v) is 13.8. The van der Waals surface area contributed by atoms with Crippen LogP contribution in [0.4, 0.5) is 5.69 Å². The molecule has 0 saturated heterocycles. The third kappa shape index (κ3) is 10.4. The molecule has 0 aliphatic rings. The molecule has 0 saturated carbocycles. The number of ether oxygens (including phenoxy) is 1. The first-order valence-electron chi connectivity index (χ1n) is 7.42. The number of hydrogen-bond acceptors (Lipinski definition) is 7. The highest BCUT2D eigenvalue weighted by atomic mass is 17.2. The van der Waals surface area contributed by atoms with Crippen molar-refractivity contribution < 1.29 is 34.8 Å². The number of hydrogen-bond donors (Lipinski definition) is 4. The maximum atomic E-state index is 9.10. The molecule has 0 unspecified atom stereocenters.